The third kappa shape index (κ3) is 14.0. The van der Waals surface area contributed by atoms with Crippen LogP contribution in [0.25, 0.3) is 0 Å². The molecule has 39 heavy (non-hydrogen) atoms. The Labute approximate surface area is 241 Å². The van der Waals surface area contributed by atoms with Gasteiger partial charge in [0.15, 0.2) is 0 Å². The van der Waals surface area contributed by atoms with Gasteiger partial charge in [0.05, 0.1) is 0 Å². The molecule has 0 aromatic heterocycles. The van der Waals surface area contributed by atoms with Crippen LogP contribution in [0.3, 0.4) is 0 Å². The average Bonchev–Trinajstić information content (AvgIpc) is 2.98. The van der Waals surface area contributed by atoms with Crippen LogP contribution in [0.4, 0.5) is 0 Å². The summed E-state index contributed by atoms with van der Waals surface area (Å²) in [5.74, 6) is 1.38. The molecule has 0 saturated carbocycles. The maximum Gasteiger partial charge on any atom is -0.0244 e. The molecule has 0 bridgehead atoms. The van der Waals surface area contributed by atoms with Gasteiger partial charge in [-0.25, -0.2) is 0 Å². The van der Waals surface area contributed by atoms with Crippen LogP contribution in [0.15, 0.2) is 91.0 Å². The summed E-state index contributed by atoms with van der Waals surface area (Å²) in [5, 5.41) is 0. The van der Waals surface area contributed by atoms with Crippen LogP contribution < -0.4 is 0 Å². The molecule has 1 unspecified atom stereocenters. The van der Waals surface area contributed by atoms with Crippen molar-refractivity contribution in [2.75, 3.05) is 0 Å². The number of unbranched alkanes of at least 4 members (excludes halogenated alkanes) is 13. The van der Waals surface area contributed by atoms with Crippen molar-refractivity contribution in [2.45, 2.75) is 122 Å². The first-order chi connectivity index (χ1) is 19.3. The van der Waals surface area contributed by atoms with Gasteiger partial charge in [-0.15, -0.1) is 0 Å². The normalized spacial score (nSPS) is 12.2. The Morgan fingerprint density at radius 2 is 0.667 bits per heavy atom. The summed E-state index contributed by atoms with van der Waals surface area (Å²) in [4.78, 5) is 0. The molecule has 3 rings (SSSR count). The molecule has 0 aliphatic carbocycles. The van der Waals surface area contributed by atoms with E-state index in [-0.39, 0.29) is 0 Å². The number of benzene rings is 3. The van der Waals surface area contributed by atoms with Crippen molar-refractivity contribution in [2.24, 2.45) is 11.8 Å². The maximum absolute atomic E-state index is 2.33. The summed E-state index contributed by atoms with van der Waals surface area (Å²) in [7, 11) is 0. The van der Waals surface area contributed by atoms with Crippen molar-refractivity contribution in [3.8, 4) is 0 Å². The van der Waals surface area contributed by atoms with E-state index in [1.807, 2.05) is 0 Å². The van der Waals surface area contributed by atoms with Gasteiger partial charge in [0.25, 0.3) is 0 Å². The first kappa shape index (κ1) is 31.2. The van der Waals surface area contributed by atoms with Crippen LogP contribution in [0, 0.1) is 11.8 Å². The second-order valence-electron chi connectivity index (χ2n) is 12.0. The minimum atomic E-state index is 0.664. The highest BCUT2D eigenvalue weighted by atomic mass is 14.3. The standard InChI is InChI=1S/C39H56/c1-2-3-4-5-6-7-8-9-10-11-12-13-14-24-31-38(32-35-25-18-15-19-26-35)39(33-36-27-20-16-21-28-36)34-37-29-22-17-23-30-37/h15-23,25-30,38-39H,2-14,24,31-34H2,1H3. The zero-order chi connectivity index (χ0) is 27.2. The molecule has 1 atom stereocenters. The van der Waals surface area contributed by atoms with E-state index in [0.717, 1.165) is 0 Å². The van der Waals surface area contributed by atoms with E-state index < -0.39 is 0 Å². The van der Waals surface area contributed by atoms with Gasteiger partial charge in [-0.2, -0.15) is 0 Å². The zero-order valence-corrected chi connectivity index (χ0v) is 25.0. The topological polar surface area (TPSA) is 0 Å². The Kier molecular flexibility index (Phi) is 16.4. The third-order valence-electron chi connectivity index (χ3n) is 8.62. The monoisotopic (exact) mass is 524 g/mol. The fraction of sp³-hybridized carbons (Fsp3) is 0.538. The zero-order valence-electron chi connectivity index (χ0n) is 25.0. The maximum atomic E-state index is 2.33. The van der Waals surface area contributed by atoms with Crippen LogP contribution in [0.2, 0.25) is 0 Å². The molecule has 0 nitrogen and oxygen atoms in total. The number of hydrogen-bond donors (Lipinski definition) is 0. The predicted octanol–water partition coefficient (Wildman–Crippen LogP) is 11.8. The van der Waals surface area contributed by atoms with Crippen molar-refractivity contribution >= 4 is 0 Å². The molecule has 0 amide bonds. The SMILES string of the molecule is CCCCCCCCCCCCCCCCC(Cc1ccccc1)C(Cc1ccccc1)Cc1ccccc1. The van der Waals surface area contributed by atoms with Crippen molar-refractivity contribution in [3.63, 3.8) is 0 Å². The van der Waals surface area contributed by atoms with Gasteiger partial charge >= 0.3 is 0 Å². The van der Waals surface area contributed by atoms with Gasteiger partial charge in [-0.1, -0.05) is 188 Å². The smallest absolute Gasteiger partial charge is 0.0244 e. The van der Waals surface area contributed by atoms with Crippen molar-refractivity contribution in [1.82, 2.24) is 0 Å². The molecule has 3 aromatic rings. The Morgan fingerprint density at radius 3 is 1.03 bits per heavy atom. The Hall–Kier alpha value is -2.34. The van der Waals surface area contributed by atoms with E-state index in [9.17, 15) is 0 Å². The van der Waals surface area contributed by atoms with E-state index in [1.54, 1.807) is 0 Å². The lowest BCUT2D eigenvalue weighted by Crippen LogP contribution is -2.22. The molecule has 0 heterocycles. The molecule has 0 saturated heterocycles. The largest absolute Gasteiger partial charge is 0.0654 e. The molecular weight excluding hydrogens is 468 g/mol. The minimum Gasteiger partial charge on any atom is -0.0654 e. The van der Waals surface area contributed by atoms with Crippen LogP contribution in [-0.2, 0) is 19.3 Å². The van der Waals surface area contributed by atoms with Crippen molar-refractivity contribution < 1.29 is 0 Å². The molecule has 212 valence electrons. The Morgan fingerprint density at radius 1 is 0.359 bits per heavy atom. The second kappa shape index (κ2) is 20.5. The van der Waals surface area contributed by atoms with Gasteiger partial charge in [0, 0.05) is 0 Å². The first-order valence-electron chi connectivity index (χ1n) is 16.5. The summed E-state index contributed by atoms with van der Waals surface area (Å²) < 4.78 is 0. The van der Waals surface area contributed by atoms with Crippen LogP contribution in [0.5, 0.6) is 0 Å². The second-order valence-corrected chi connectivity index (χ2v) is 12.0. The molecule has 0 aliphatic heterocycles. The summed E-state index contributed by atoms with van der Waals surface area (Å²) >= 11 is 0. The summed E-state index contributed by atoms with van der Waals surface area (Å²) in [6.45, 7) is 2.30. The van der Waals surface area contributed by atoms with E-state index in [2.05, 4.69) is 97.9 Å². The van der Waals surface area contributed by atoms with Crippen LogP contribution >= 0.6 is 0 Å². The highest BCUT2D eigenvalue weighted by Gasteiger charge is 2.23. The molecule has 0 aliphatic rings. The predicted molar refractivity (Wildman–Crippen MR) is 172 cm³/mol. The van der Waals surface area contributed by atoms with E-state index in [0.29, 0.717) is 11.8 Å². The minimum absolute atomic E-state index is 0.664. The average molecular weight is 525 g/mol. The fourth-order valence-electron chi connectivity index (χ4n) is 6.26. The van der Waals surface area contributed by atoms with E-state index in [1.165, 1.54) is 132 Å². The third-order valence-corrected chi connectivity index (χ3v) is 8.62. The first-order valence-corrected chi connectivity index (χ1v) is 16.5. The number of rotatable bonds is 22. The molecule has 0 spiro atoms. The molecule has 3 aromatic carbocycles. The highest BCUT2D eigenvalue weighted by molar-refractivity contribution is 5.20. The molecule has 0 fully saturated rings. The molecule has 0 N–H and O–H groups in total. The highest BCUT2D eigenvalue weighted by Crippen LogP contribution is 2.30. The summed E-state index contributed by atoms with van der Waals surface area (Å²) in [6.07, 6.45) is 24.9. The van der Waals surface area contributed by atoms with Crippen LogP contribution in [0.1, 0.15) is 120 Å². The lowest BCUT2D eigenvalue weighted by Gasteiger charge is -2.28. The molecule has 0 radical (unpaired) electrons. The van der Waals surface area contributed by atoms with E-state index in [4.69, 9.17) is 0 Å². The van der Waals surface area contributed by atoms with Gasteiger partial charge in [-0.05, 0) is 54.2 Å². The fourth-order valence-corrected chi connectivity index (χ4v) is 6.26. The van der Waals surface area contributed by atoms with Gasteiger partial charge in [0.1, 0.15) is 0 Å². The van der Waals surface area contributed by atoms with Crippen molar-refractivity contribution in [1.29, 1.82) is 0 Å². The Balaban J connectivity index is 1.45. The summed E-state index contributed by atoms with van der Waals surface area (Å²) in [5.41, 5.74) is 4.47. The van der Waals surface area contributed by atoms with Crippen LogP contribution in [-0.4, -0.2) is 0 Å². The molecular formula is C39H56. The van der Waals surface area contributed by atoms with Gasteiger partial charge in [0.2, 0.25) is 0 Å². The van der Waals surface area contributed by atoms with Crippen molar-refractivity contribution in [3.05, 3.63) is 108 Å². The summed E-state index contributed by atoms with van der Waals surface area (Å²) in [6, 6.07) is 33.6. The Bertz CT molecular complexity index is 888. The van der Waals surface area contributed by atoms with Gasteiger partial charge < -0.3 is 0 Å². The number of hydrogen-bond acceptors (Lipinski definition) is 0. The van der Waals surface area contributed by atoms with E-state index >= 15 is 0 Å². The molecule has 0 heteroatoms. The van der Waals surface area contributed by atoms with Gasteiger partial charge in [-0.3, -0.25) is 0 Å². The lowest BCUT2D eigenvalue weighted by molar-refractivity contribution is 0.295. The lowest BCUT2D eigenvalue weighted by atomic mass is 9.76. The quantitative estimate of drug-likeness (QED) is 0.115.